The highest BCUT2D eigenvalue weighted by Gasteiger charge is 2.14. The second kappa shape index (κ2) is 12.4. The number of aliphatic hydroxyl groups excluding tert-OH is 1. The molecule has 5 nitrogen and oxygen atoms in total. The van der Waals surface area contributed by atoms with E-state index in [0.29, 0.717) is 59.5 Å². The van der Waals surface area contributed by atoms with Crippen molar-refractivity contribution in [3.63, 3.8) is 0 Å². The van der Waals surface area contributed by atoms with Gasteiger partial charge >= 0.3 is 0 Å². The summed E-state index contributed by atoms with van der Waals surface area (Å²) in [4.78, 5) is 0. The van der Waals surface area contributed by atoms with Crippen LogP contribution in [0.3, 0.4) is 0 Å². The SMILES string of the molecule is CCOc1cc(CNCCOCCO)cc(Cl)c1OCc1ccc(Cl)cc1Cl. The maximum Gasteiger partial charge on any atom is 0.180 e. The lowest BCUT2D eigenvalue weighted by molar-refractivity contribution is 0.0938. The Hall–Kier alpha value is -1.21. The molecule has 0 unspecified atom stereocenters. The van der Waals surface area contributed by atoms with Crippen molar-refractivity contribution in [1.29, 1.82) is 0 Å². The van der Waals surface area contributed by atoms with E-state index in [-0.39, 0.29) is 13.2 Å². The Morgan fingerprint density at radius 1 is 1.00 bits per heavy atom. The monoisotopic (exact) mass is 447 g/mol. The molecule has 0 bridgehead atoms. The molecule has 0 radical (unpaired) electrons. The Morgan fingerprint density at radius 2 is 1.82 bits per heavy atom. The van der Waals surface area contributed by atoms with Crippen LogP contribution in [0.25, 0.3) is 0 Å². The fraction of sp³-hybridized carbons (Fsp3) is 0.400. The number of nitrogens with one attached hydrogen (secondary N) is 1. The van der Waals surface area contributed by atoms with Crippen molar-refractivity contribution in [2.24, 2.45) is 0 Å². The minimum Gasteiger partial charge on any atom is -0.490 e. The van der Waals surface area contributed by atoms with Crippen LogP contribution in [0.4, 0.5) is 0 Å². The summed E-state index contributed by atoms with van der Waals surface area (Å²) in [5, 5.41) is 13.5. The van der Waals surface area contributed by atoms with E-state index in [1.54, 1.807) is 12.1 Å². The van der Waals surface area contributed by atoms with E-state index < -0.39 is 0 Å². The summed E-state index contributed by atoms with van der Waals surface area (Å²) in [6.45, 7) is 4.78. The second-order valence-corrected chi connectivity index (χ2v) is 7.13. The van der Waals surface area contributed by atoms with Gasteiger partial charge in [-0.2, -0.15) is 0 Å². The zero-order valence-electron chi connectivity index (χ0n) is 15.6. The Kier molecular flexibility index (Phi) is 10.2. The molecule has 2 N–H and O–H groups in total. The van der Waals surface area contributed by atoms with E-state index in [1.165, 1.54) is 0 Å². The Balaban J connectivity index is 2.02. The Labute approximate surface area is 180 Å². The van der Waals surface area contributed by atoms with Crippen LogP contribution in [0.5, 0.6) is 11.5 Å². The fourth-order valence-electron chi connectivity index (χ4n) is 2.46. The van der Waals surface area contributed by atoms with Gasteiger partial charge in [0.1, 0.15) is 6.61 Å². The third-order valence-electron chi connectivity index (χ3n) is 3.74. The third-order valence-corrected chi connectivity index (χ3v) is 4.61. The maximum atomic E-state index is 8.68. The third kappa shape index (κ3) is 7.32. The lowest BCUT2D eigenvalue weighted by atomic mass is 10.2. The van der Waals surface area contributed by atoms with Crippen molar-refractivity contribution in [2.75, 3.05) is 33.0 Å². The molecule has 154 valence electrons. The van der Waals surface area contributed by atoms with Crippen LogP contribution >= 0.6 is 34.8 Å². The van der Waals surface area contributed by atoms with Gasteiger partial charge < -0.3 is 24.6 Å². The van der Waals surface area contributed by atoms with Crippen LogP contribution in [0.1, 0.15) is 18.1 Å². The zero-order chi connectivity index (χ0) is 20.4. The highest BCUT2D eigenvalue weighted by Crippen LogP contribution is 2.37. The molecule has 2 rings (SSSR count). The average molecular weight is 449 g/mol. The van der Waals surface area contributed by atoms with Gasteiger partial charge in [0.2, 0.25) is 0 Å². The van der Waals surface area contributed by atoms with Crippen molar-refractivity contribution in [3.05, 3.63) is 56.5 Å². The molecule has 2 aromatic rings. The van der Waals surface area contributed by atoms with Crippen LogP contribution in [-0.4, -0.2) is 38.1 Å². The first-order valence-electron chi connectivity index (χ1n) is 8.96. The summed E-state index contributed by atoms with van der Waals surface area (Å²) in [5.41, 5.74) is 1.77. The molecule has 0 atom stereocenters. The fourth-order valence-corrected chi connectivity index (χ4v) is 3.21. The van der Waals surface area contributed by atoms with Crippen LogP contribution in [0.2, 0.25) is 15.1 Å². The summed E-state index contributed by atoms with van der Waals surface area (Å²) in [7, 11) is 0. The molecular formula is C20H24Cl3NO4. The number of hydrogen-bond acceptors (Lipinski definition) is 5. The van der Waals surface area contributed by atoms with Gasteiger partial charge in [0.15, 0.2) is 11.5 Å². The molecule has 2 aromatic carbocycles. The van der Waals surface area contributed by atoms with Crippen LogP contribution in [0, 0.1) is 0 Å². The normalized spacial score (nSPS) is 10.9. The van der Waals surface area contributed by atoms with Gasteiger partial charge in [0, 0.05) is 28.7 Å². The van der Waals surface area contributed by atoms with Gasteiger partial charge in [-0.1, -0.05) is 40.9 Å². The smallest absolute Gasteiger partial charge is 0.180 e. The lowest BCUT2D eigenvalue weighted by Crippen LogP contribution is -2.20. The van der Waals surface area contributed by atoms with Crippen molar-refractivity contribution < 1.29 is 19.3 Å². The molecule has 0 aliphatic carbocycles. The number of hydrogen-bond donors (Lipinski definition) is 2. The first-order valence-corrected chi connectivity index (χ1v) is 10.1. The zero-order valence-corrected chi connectivity index (χ0v) is 17.9. The summed E-state index contributed by atoms with van der Waals surface area (Å²) >= 11 is 18.6. The highest BCUT2D eigenvalue weighted by molar-refractivity contribution is 6.35. The number of ether oxygens (including phenoxy) is 3. The second-order valence-electron chi connectivity index (χ2n) is 5.88. The van der Waals surface area contributed by atoms with E-state index in [1.807, 2.05) is 25.1 Å². The first kappa shape index (κ1) is 23.1. The van der Waals surface area contributed by atoms with Gasteiger partial charge in [-0.3, -0.25) is 0 Å². The highest BCUT2D eigenvalue weighted by atomic mass is 35.5. The molecule has 0 saturated heterocycles. The van der Waals surface area contributed by atoms with Crippen molar-refractivity contribution in [3.8, 4) is 11.5 Å². The van der Waals surface area contributed by atoms with Crippen molar-refractivity contribution in [1.82, 2.24) is 5.32 Å². The van der Waals surface area contributed by atoms with Gasteiger partial charge in [-0.25, -0.2) is 0 Å². The molecule has 0 fully saturated rings. The summed E-state index contributed by atoms with van der Waals surface area (Å²) in [6, 6.07) is 8.98. The predicted molar refractivity (Wildman–Crippen MR) is 113 cm³/mol. The summed E-state index contributed by atoms with van der Waals surface area (Å²) in [6.07, 6.45) is 0. The summed E-state index contributed by atoms with van der Waals surface area (Å²) < 4.78 is 16.8. The number of benzene rings is 2. The molecule has 0 aliphatic heterocycles. The topological polar surface area (TPSA) is 60.0 Å². The molecule has 0 heterocycles. The van der Waals surface area contributed by atoms with E-state index in [9.17, 15) is 0 Å². The van der Waals surface area contributed by atoms with Crippen LogP contribution < -0.4 is 14.8 Å². The van der Waals surface area contributed by atoms with E-state index >= 15 is 0 Å². The Morgan fingerprint density at radius 3 is 2.54 bits per heavy atom. The largest absolute Gasteiger partial charge is 0.490 e. The molecule has 0 spiro atoms. The number of rotatable bonds is 12. The molecule has 8 heteroatoms. The molecular weight excluding hydrogens is 425 g/mol. The summed E-state index contributed by atoms with van der Waals surface area (Å²) in [5.74, 6) is 1.05. The molecule has 28 heavy (non-hydrogen) atoms. The minimum absolute atomic E-state index is 0.0238. The van der Waals surface area contributed by atoms with Gasteiger partial charge in [0.25, 0.3) is 0 Å². The molecule has 0 saturated carbocycles. The van der Waals surface area contributed by atoms with Gasteiger partial charge in [0.05, 0.1) is 31.5 Å². The Bertz CT molecular complexity index is 758. The van der Waals surface area contributed by atoms with Crippen molar-refractivity contribution in [2.45, 2.75) is 20.1 Å². The molecule has 0 aliphatic rings. The quantitative estimate of drug-likeness (QED) is 0.460. The van der Waals surface area contributed by atoms with Crippen LogP contribution in [-0.2, 0) is 17.9 Å². The predicted octanol–water partition coefficient (Wildman–Crippen LogP) is 4.72. The standard InChI is InChI=1S/C20H24Cl3NO4/c1-2-27-19-10-14(12-24-5-7-26-8-6-25)9-18(23)20(19)28-13-15-3-4-16(21)11-17(15)22/h3-4,9-11,24-25H,2,5-8,12-13H2,1H3. The van der Waals surface area contributed by atoms with E-state index in [2.05, 4.69) is 5.32 Å². The molecule has 0 aromatic heterocycles. The minimum atomic E-state index is 0.0238. The number of halogens is 3. The van der Waals surface area contributed by atoms with E-state index in [0.717, 1.165) is 11.1 Å². The van der Waals surface area contributed by atoms with E-state index in [4.69, 9.17) is 54.1 Å². The lowest BCUT2D eigenvalue weighted by Gasteiger charge is -2.16. The number of aliphatic hydroxyl groups is 1. The average Bonchev–Trinajstić information content (AvgIpc) is 2.65. The van der Waals surface area contributed by atoms with Crippen molar-refractivity contribution >= 4 is 34.8 Å². The maximum absolute atomic E-state index is 8.68. The van der Waals surface area contributed by atoms with Gasteiger partial charge in [-0.05, 0) is 36.8 Å². The van der Waals surface area contributed by atoms with Gasteiger partial charge in [-0.15, -0.1) is 0 Å². The first-order chi connectivity index (χ1) is 13.5. The molecule has 0 amide bonds. The van der Waals surface area contributed by atoms with Crippen LogP contribution in [0.15, 0.2) is 30.3 Å².